The first-order valence-corrected chi connectivity index (χ1v) is 31.2. The quantitative estimate of drug-likeness (QED) is 0.117. The molecule has 0 saturated heterocycles. The molecule has 2 fully saturated rings. The third kappa shape index (κ3) is 8.94. The van der Waals surface area contributed by atoms with E-state index in [0.717, 1.165) is 122 Å². The van der Waals surface area contributed by atoms with Crippen LogP contribution in [0.15, 0.2) is 223 Å². The monoisotopic (exact) mass is 1100 g/mol. The summed E-state index contributed by atoms with van der Waals surface area (Å²) >= 11 is 0. The molecule has 12 aromatic carbocycles. The summed E-state index contributed by atoms with van der Waals surface area (Å²) in [5.41, 5.74) is 20.7. The van der Waals surface area contributed by atoms with Gasteiger partial charge in [-0.15, -0.1) is 0 Å². The van der Waals surface area contributed by atoms with E-state index < -0.39 is 0 Å². The highest BCUT2D eigenvalue weighted by Crippen LogP contribution is 2.56. The molecule has 1 aromatic heterocycles. The Labute approximate surface area is 500 Å². The van der Waals surface area contributed by atoms with Gasteiger partial charge in [0.05, 0.1) is 22.7 Å². The van der Waals surface area contributed by atoms with Crippen molar-refractivity contribution in [3.05, 3.63) is 246 Å². The molecule has 0 atom stereocenters. The number of hydrogen-bond acceptors (Lipinski definition) is 4. The van der Waals surface area contributed by atoms with Crippen LogP contribution < -0.4 is 9.80 Å². The van der Waals surface area contributed by atoms with Gasteiger partial charge in [0, 0.05) is 44.0 Å². The molecule has 2 aliphatic carbocycles. The van der Waals surface area contributed by atoms with Gasteiger partial charge in [-0.3, -0.25) is 0 Å². The largest absolute Gasteiger partial charge is 0.505 e. The van der Waals surface area contributed by atoms with E-state index in [2.05, 4.69) is 263 Å². The highest BCUT2D eigenvalue weighted by atomic mass is 16.3. The Balaban J connectivity index is 1.03. The average molecular weight is 1110 g/mol. The van der Waals surface area contributed by atoms with Crippen LogP contribution in [-0.4, -0.2) is 5.11 Å². The number of aromatic hydroxyl groups is 1. The molecule has 4 nitrogen and oxygen atoms in total. The van der Waals surface area contributed by atoms with Gasteiger partial charge >= 0.3 is 0 Å². The van der Waals surface area contributed by atoms with Crippen LogP contribution in [0.2, 0.25) is 0 Å². The third-order valence-electron chi connectivity index (χ3n) is 19.7. The van der Waals surface area contributed by atoms with Crippen molar-refractivity contribution in [2.45, 2.75) is 110 Å². The maximum atomic E-state index is 13.1. The fourth-order valence-electron chi connectivity index (χ4n) is 14.9. The predicted molar refractivity (Wildman–Crippen MR) is 360 cm³/mol. The number of fused-ring (bicyclic) bond motifs is 3. The van der Waals surface area contributed by atoms with E-state index >= 15 is 0 Å². The summed E-state index contributed by atoms with van der Waals surface area (Å²) in [5, 5.41) is 23.0. The molecular formula is C81H72N2O2. The predicted octanol–water partition coefficient (Wildman–Crippen LogP) is 23.7. The number of furan rings is 1. The average Bonchev–Trinajstić information content (AvgIpc) is 2.38. The Morgan fingerprint density at radius 2 is 0.929 bits per heavy atom. The van der Waals surface area contributed by atoms with E-state index in [0.29, 0.717) is 11.8 Å². The first-order chi connectivity index (χ1) is 41.6. The Morgan fingerprint density at radius 3 is 1.59 bits per heavy atom. The Hall–Kier alpha value is -9.12. The van der Waals surface area contributed by atoms with Crippen molar-refractivity contribution in [2.75, 3.05) is 9.80 Å². The maximum absolute atomic E-state index is 13.1. The first-order valence-electron chi connectivity index (χ1n) is 31.2. The highest BCUT2D eigenvalue weighted by Gasteiger charge is 2.32. The van der Waals surface area contributed by atoms with Gasteiger partial charge in [-0.25, -0.2) is 0 Å². The molecule has 418 valence electrons. The lowest BCUT2D eigenvalue weighted by Crippen LogP contribution is -2.17. The zero-order valence-corrected chi connectivity index (χ0v) is 49.6. The molecule has 2 saturated carbocycles. The van der Waals surface area contributed by atoms with E-state index in [1.165, 1.54) is 85.8 Å². The van der Waals surface area contributed by atoms with Crippen LogP contribution in [0.5, 0.6) is 5.75 Å². The standard InChI is InChI=1S/C81H72N2O2/c1-6-81(4,5)58-32-18-34-60(48-58)83(73-41-21-39-67-66-38-19-37-63(79(66)85-80(67)73)53-24-8-7-9-25-53)75-50-71(55-28-13-14-29-55)65-42-44-68-74(49-70(54-26-11-12-27-54)64-43-45-69(75)77(65)76(64)68)82(59-33-16-22-51(2)46-59)72-40-20-36-62(78(72)84)57-31-17-30-56(47-57)61-35-15-10-23-52(61)3/h7-10,15-25,30-50,54-55,84H,6,11-14,26-29H2,1-5H3. The molecule has 85 heavy (non-hydrogen) atoms. The van der Waals surface area contributed by atoms with Crippen LogP contribution >= 0.6 is 0 Å². The number of aryl methyl sites for hydroxylation is 2. The van der Waals surface area contributed by atoms with Crippen LogP contribution in [0.1, 0.15) is 118 Å². The summed E-state index contributed by atoms with van der Waals surface area (Å²) in [4.78, 5) is 4.93. The van der Waals surface area contributed by atoms with Gasteiger partial charge in [0.2, 0.25) is 0 Å². The van der Waals surface area contributed by atoms with Gasteiger partial charge in [-0.2, -0.15) is 0 Å². The second-order valence-electron chi connectivity index (χ2n) is 25.2. The van der Waals surface area contributed by atoms with E-state index in [1.807, 2.05) is 0 Å². The summed E-state index contributed by atoms with van der Waals surface area (Å²) in [5.74, 6) is 1.06. The molecule has 0 radical (unpaired) electrons. The van der Waals surface area contributed by atoms with Gasteiger partial charge in [0.25, 0.3) is 0 Å². The molecule has 0 bridgehead atoms. The topological polar surface area (TPSA) is 39.9 Å². The van der Waals surface area contributed by atoms with Crippen molar-refractivity contribution < 1.29 is 9.52 Å². The van der Waals surface area contributed by atoms with Crippen molar-refractivity contribution >= 4 is 88.4 Å². The lowest BCUT2D eigenvalue weighted by Gasteiger charge is -2.33. The number of para-hydroxylation sites is 3. The summed E-state index contributed by atoms with van der Waals surface area (Å²) < 4.78 is 7.38. The van der Waals surface area contributed by atoms with E-state index in [4.69, 9.17) is 4.42 Å². The molecule has 0 amide bonds. The molecule has 2 aliphatic rings. The van der Waals surface area contributed by atoms with E-state index in [-0.39, 0.29) is 11.2 Å². The lowest BCUT2D eigenvalue weighted by atomic mass is 9.81. The molecular weight excluding hydrogens is 1030 g/mol. The summed E-state index contributed by atoms with van der Waals surface area (Å²) in [7, 11) is 0. The van der Waals surface area contributed by atoms with Crippen molar-refractivity contribution in [3.8, 4) is 39.1 Å². The van der Waals surface area contributed by atoms with Gasteiger partial charge in [-0.05, 0) is 189 Å². The van der Waals surface area contributed by atoms with Gasteiger partial charge in [0.1, 0.15) is 11.3 Å². The minimum atomic E-state index is -0.0508. The van der Waals surface area contributed by atoms with Crippen LogP contribution in [0, 0.1) is 13.8 Å². The maximum Gasteiger partial charge on any atom is 0.159 e. The first kappa shape index (κ1) is 52.7. The van der Waals surface area contributed by atoms with E-state index in [9.17, 15) is 5.11 Å². The summed E-state index contributed by atoms with van der Waals surface area (Å²) in [6.45, 7) is 11.4. The van der Waals surface area contributed by atoms with Gasteiger partial charge < -0.3 is 19.3 Å². The zero-order chi connectivity index (χ0) is 57.5. The fraction of sp³-hybridized carbons (Fsp3) is 0.210. The molecule has 0 aliphatic heterocycles. The van der Waals surface area contributed by atoms with Crippen molar-refractivity contribution in [1.29, 1.82) is 0 Å². The second kappa shape index (κ2) is 21.2. The second-order valence-corrected chi connectivity index (χ2v) is 25.2. The van der Waals surface area contributed by atoms with Gasteiger partial charge in [-0.1, -0.05) is 210 Å². The number of hydrogen-bond donors (Lipinski definition) is 1. The molecule has 0 spiro atoms. The van der Waals surface area contributed by atoms with E-state index in [1.54, 1.807) is 0 Å². The Bertz CT molecular complexity index is 4690. The molecule has 15 rings (SSSR count). The van der Waals surface area contributed by atoms with Gasteiger partial charge in [0.15, 0.2) is 5.58 Å². The number of nitrogens with zero attached hydrogens (tertiary/aromatic N) is 2. The minimum absolute atomic E-state index is 0.0508. The third-order valence-corrected chi connectivity index (χ3v) is 19.7. The number of benzene rings is 12. The van der Waals surface area contributed by atoms with Crippen LogP contribution in [0.25, 0.3) is 87.6 Å². The Morgan fingerprint density at radius 1 is 0.424 bits per heavy atom. The van der Waals surface area contributed by atoms with Crippen LogP contribution in [0.4, 0.5) is 34.1 Å². The molecule has 1 N–H and O–H groups in total. The Kier molecular flexibility index (Phi) is 13.1. The molecule has 1 heterocycles. The molecule has 0 unspecified atom stereocenters. The smallest absolute Gasteiger partial charge is 0.159 e. The van der Waals surface area contributed by atoms with Crippen molar-refractivity contribution in [3.63, 3.8) is 0 Å². The number of anilines is 6. The van der Waals surface area contributed by atoms with Crippen LogP contribution in [0.3, 0.4) is 0 Å². The van der Waals surface area contributed by atoms with Crippen molar-refractivity contribution in [2.24, 2.45) is 0 Å². The SMILES string of the molecule is CCC(C)(C)c1cccc(N(c2cc(C3CCCC3)c3ccc4c(N(c5cccc(C)c5)c5cccc(-c6cccc(-c7ccccc7C)c6)c5O)cc(C5CCCC5)c5ccc2c3c54)c2cccc3c2oc2c(-c4ccccc4)cccc23)c1. The minimum Gasteiger partial charge on any atom is -0.505 e. The number of rotatable bonds is 13. The summed E-state index contributed by atoms with van der Waals surface area (Å²) in [6, 6.07) is 80.6. The molecule has 13 aromatic rings. The number of phenols is 1. The fourth-order valence-corrected chi connectivity index (χ4v) is 14.9. The summed E-state index contributed by atoms with van der Waals surface area (Å²) in [6.07, 6.45) is 10.5. The van der Waals surface area contributed by atoms with Crippen molar-refractivity contribution in [1.82, 2.24) is 0 Å². The van der Waals surface area contributed by atoms with Crippen LogP contribution in [-0.2, 0) is 5.41 Å². The number of phenolic OH excluding ortho intramolecular Hbond substituents is 1. The molecule has 4 heteroatoms. The zero-order valence-electron chi connectivity index (χ0n) is 49.6. The lowest BCUT2D eigenvalue weighted by molar-refractivity contribution is 0.478. The highest BCUT2D eigenvalue weighted by molar-refractivity contribution is 6.30. The normalized spacial score (nSPS) is 14.3.